The highest BCUT2D eigenvalue weighted by Crippen LogP contribution is 2.23. The van der Waals surface area contributed by atoms with E-state index >= 15 is 0 Å². The fourth-order valence-corrected chi connectivity index (χ4v) is 4.23. The molecule has 1 saturated heterocycles. The van der Waals surface area contributed by atoms with E-state index in [1.165, 1.54) is 39.2 Å². The molecule has 7 heteroatoms. The van der Waals surface area contributed by atoms with Crippen molar-refractivity contribution in [1.82, 2.24) is 10.2 Å². The highest BCUT2D eigenvalue weighted by molar-refractivity contribution is 5.98. The van der Waals surface area contributed by atoms with E-state index < -0.39 is 6.04 Å². The highest BCUT2D eigenvalue weighted by Gasteiger charge is 2.28. The third kappa shape index (κ3) is 6.43. The van der Waals surface area contributed by atoms with Gasteiger partial charge in [0, 0.05) is 44.0 Å². The predicted octanol–water partition coefficient (Wildman–Crippen LogP) is 4.11. The number of piperidine rings is 1. The van der Waals surface area contributed by atoms with Crippen LogP contribution in [-0.2, 0) is 11.3 Å². The molecule has 184 valence electrons. The summed E-state index contributed by atoms with van der Waals surface area (Å²) in [6.45, 7) is 6.54. The fourth-order valence-electron chi connectivity index (χ4n) is 4.23. The average Bonchev–Trinajstić information content (AvgIpc) is 2.87. The van der Waals surface area contributed by atoms with Crippen molar-refractivity contribution in [3.8, 4) is 11.5 Å². The Bertz CT molecular complexity index is 946. The fraction of sp³-hybridized carbons (Fsp3) is 0.481. The number of rotatable bonds is 9. The van der Waals surface area contributed by atoms with Gasteiger partial charge in [-0.05, 0) is 55.0 Å². The van der Waals surface area contributed by atoms with Crippen molar-refractivity contribution in [2.75, 3.05) is 39.3 Å². The second kappa shape index (κ2) is 11.8. The molecule has 2 aromatic carbocycles. The number of amides is 2. The Balaban J connectivity index is 1.66. The van der Waals surface area contributed by atoms with E-state index in [-0.39, 0.29) is 17.7 Å². The van der Waals surface area contributed by atoms with Crippen molar-refractivity contribution in [3.05, 3.63) is 53.6 Å². The Hall–Kier alpha value is -3.22. The lowest BCUT2D eigenvalue weighted by Crippen LogP contribution is -2.50. The van der Waals surface area contributed by atoms with E-state index in [0.717, 1.165) is 18.7 Å². The van der Waals surface area contributed by atoms with Gasteiger partial charge in [-0.3, -0.25) is 9.59 Å². The van der Waals surface area contributed by atoms with Crippen molar-refractivity contribution < 1.29 is 19.1 Å². The Morgan fingerprint density at radius 2 is 1.56 bits per heavy atom. The molecule has 7 nitrogen and oxygen atoms in total. The monoisotopic (exact) mass is 467 g/mol. The van der Waals surface area contributed by atoms with E-state index in [2.05, 4.69) is 34.5 Å². The quantitative estimate of drug-likeness (QED) is 0.601. The van der Waals surface area contributed by atoms with Crippen LogP contribution in [-0.4, -0.2) is 57.1 Å². The molecular weight excluding hydrogens is 430 g/mol. The van der Waals surface area contributed by atoms with Gasteiger partial charge in [0.1, 0.15) is 17.5 Å². The second-order valence-electron chi connectivity index (χ2n) is 9.20. The van der Waals surface area contributed by atoms with Crippen LogP contribution in [0.3, 0.4) is 0 Å². The third-order valence-electron chi connectivity index (χ3n) is 6.29. The number of carbonyl (C=O) groups excluding carboxylic acids is 2. The molecule has 1 aliphatic rings. The Morgan fingerprint density at radius 3 is 2.09 bits per heavy atom. The maximum Gasteiger partial charge on any atom is 0.252 e. The number of carbonyl (C=O) groups is 2. The van der Waals surface area contributed by atoms with Gasteiger partial charge in [-0.2, -0.15) is 0 Å². The van der Waals surface area contributed by atoms with Gasteiger partial charge in [-0.1, -0.05) is 26.0 Å². The first-order chi connectivity index (χ1) is 16.3. The minimum atomic E-state index is -0.651. The van der Waals surface area contributed by atoms with E-state index in [1.807, 2.05) is 13.8 Å². The second-order valence-corrected chi connectivity index (χ2v) is 9.20. The maximum absolute atomic E-state index is 13.3. The number of methoxy groups -OCH3 is 2. The number of nitrogens with one attached hydrogen (secondary N) is 1. The number of anilines is 1. The van der Waals surface area contributed by atoms with Crippen molar-refractivity contribution in [2.24, 2.45) is 5.92 Å². The first-order valence-electron chi connectivity index (χ1n) is 11.9. The molecule has 0 spiro atoms. The smallest absolute Gasteiger partial charge is 0.252 e. The van der Waals surface area contributed by atoms with Gasteiger partial charge in [0.05, 0.1) is 14.2 Å². The van der Waals surface area contributed by atoms with E-state index in [4.69, 9.17) is 9.47 Å². The van der Waals surface area contributed by atoms with Gasteiger partial charge in [-0.25, -0.2) is 0 Å². The van der Waals surface area contributed by atoms with Gasteiger partial charge >= 0.3 is 0 Å². The average molecular weight is 468 g/mol. The SMILES string of the molecule is COc1cc(OC)cc(C(=O)N[C@H](C(=O)N(C)Cc2ccc(N3CCCCC3)cc2)C(C)C)c1. The van der Waals surface area contributed by atoms with E-state index in [9.17, 15) is 9.59 Å². The lowest BCUT2D eigenvalue weighted by Gasteiger charge is -2.29. The van der Waals surface area contributed by atoms with Crippen LogP contribution in [0.4, 0.5) is 5.69 Å². The molecule has 1 atom stereocenters. The summed E-state index contributed by atoms with van der Waals surface area (Å²) >= 11 is 0. The summed E-state index contributed by atoms with van der Waals surface area (Å²) in [7, 11) is 4.84. The molecular formula is C27H37N3O4. The van der Waals surface area contributed by atoms with E-state index in [0.29, 0.717) is 23.6 Å². The number of hydrogen-bond acceptors (Lipinski definition) is 5. The zero-order valence-electron chi connectivity index (χ0n) is 21.0. The summed E-state index contributed by atoms with van der Waals surface area (Å²) in [6, 6.07) is 12.8. The normalized spacial score (nSPS) is 14.5. The van der Waals surface area contributed by atoms with Crippen LogP contribution in [0.2, 0.25) is 0 Å². The van der Waals surface area contributed by atoms with Crippen LogP contribution in [0.1, 0.15) is 49.0 Å². The third-order valence-corrected chi connectivity index (χ3v) is 6.29. The predicted molar refractivity (Wildman–Crippen MR) is 135 cm³/mol. The van der Waals surface area contributed by atoms with Crippen LogP contribution < -0.4 is 19.7 Å². The molecule has 1 heterocycles. The summed E-state index contributed by atoms with van der Waals surface area (Å²) in [5.74, 6) is 0.485. The number of hydrogen-bond donors (Lipinski definition) is 1. The van der Waals surface area contributed by atoms with Crippen molar-refractivity contribution in [3.63, 3.8) is 0 Å². The molecule has 1 aliphatic heterocycles. The minimum Gasteiger partial charge on any atom is -0.497 e. The molecule has 34 heavy (non-hydrogen) atoms. The van der Waals surface area contributed by atoms with Crippen LogP contribution in [0.25, 0.3) is 0 Å². The highest BCUT2D eigenvalue weighted by atomic mass is 16.5. The van der Waals surface area contributed by atoms with Crippen molar-refractivity contribution in [2.45, 2.75) is 45.7 Å². The molecule has 0 aliphatic carbocycles. The summed E-state index contributed by atoms with van der Waals surface area (Å²) in [5, 5.41) is 2.91. The number of benzene rings is 2. The van der Waals surface area contributed by atoms with Crippen LogP contribution >= 0.6 is 0 Å². The van der Waals surface area contributed by atoms with Gasteiger partial charge in [0.25, 0.3) is 5.91 Å². The summed E-state index contributed by atoms with van der Waals surface area (Å²) in [6.07, 6.45) is 3.79. The zero-order valence-corrected chi connectivity index (χ0v) is 21.0. The van der Waals surface area contributed by atoms with Crippen molar-refractivity contribution in [1.29, 1.82) is 0 Å². The standard InChI is InChI=1S/C27H37N3O4/c1-19(2)25(28-26(31)21-15-23(33-4)17-24(16-21)34-5)27(32)29(3)18-20-9-11-22(12-10-20)30-13-7-6-8-14-30/h9-12,15-17,19,25H,6-8,13-14,18H2,1-5H3,(H,28,31)/t25-/m0/s1. The number of nitrogens with zero attached hydrogens (tertiary/aromatic N) is 2. The lowest BCUT2D eigenvalue weighted by molar-refractivity contribution is -0.133. The van der Waals surface area contributed by atoms with Gasteiger partial charge < -0.3 is 24.6 Å². The van der Waals surface area contributed by atoms with Crippen LogP contribution in [0.15, 0.2) is 42.5 Å². The van der Waals surface area contributed by atoms with Gasteiger partial charge in [0.15, 0.2) is 0 Å². The molecule has 0 radical (unpaired) electrons. The molecule has 0 saturated carbocycles. The lowest BCUT2D eigenvalue weighted by atomic mass is 10.0. The van der Waals surface area contributed by atoms with Crippen molar-refractivity contribution >= 4 is 17.5 Å². The molecule has 0 aromatic heterocycles. The molecule has 1 fully saturated rings. The summed E-state index contributed by atoms with van der Waals surface area (Å²) in [4.78, 5) is 30.3. The molecule has 0 bridgehead atoms. The maximum atomic E-state index is 13.3. The van der Waals surface area contributed by atoms with Crippen LogP contribution in [0.5, 0.6) is 11.5 Å². The van der Waals surface area contributed by atoms with Gasteiger partial charge in [0.2, 0.25) is 5.91 Å². The molecule has 1 N–H and O–H groups in total. The molecule has 2 aromatic rings. The number of likely N-dealkylation sites (N-methyl/N-ethyl adjacent to an activating group) is 1. The Kier molecular flexibility index (Phi) is 8.79. The Labute approximate surface area is 203 Å². The largest absolute Gasteiger partial charge is 0.497 e. The summed E-state index contributed by atoms with van der Waals surface area (Å²) < 4.78 is 10.5. The summed E-state index contributed by atoms with van der Waals surface area (Å²) in [5.41, 5.74) is 2.67. The minimum absolute atomic E-state index is 0.0760. The molecule has 3 rings (SSSR count). The van der Waals surface area contributed by atoms with E-state index in [1.54, 1.807) is 30.1 Å². The Morgan fingerprint density at radius 1 is 0.971 bits per heavy atom. The van der Waals surface area contributed by atoms with Gasteiger partial charge in [-0.15, -0.1) is 0 Å². The molecule has 0 unspecified atom stereocenters. The van der Waals surface area contributed by atoms with Crippen LogP contribution in [0, 0.1) is 5.92 Å². The zero-order chi connectivity index (χ0) is 24.7. The first kappa shape index (κ1) is 25.4. The topological polar surface area (TPSA) is 71.1 Å². The molecule has 2 amide bonds. The first-order valence-corrected chi connectivity index (χ1v) is 11.9. The number of ether oxygens (including phenoxy) is 2.